The Bertz CT molecular complexity index is 987. The lowest BCUT2D eigenvalue weighted by atomic mass is 9.79. The van der Waals surface area contributed by atoms with Gasteiger partial charge in [-0.2, -0.15) is 0 Å². The first-order valence-electron chi connectivity index (χ1n) is 10.5. The molecule has 0 spiro atoms. The van der Waals surface area contributed by atoms with Crippen LogP contribution >= 0.6 is 0 Å². The molecule has 2 aromatic carbocycles. The third-order valence-corrected chi connectivity index (χ3v) is 6.02. The zero-order valence-electron chi connectivity index (χ0n) is 17.8. The molecule has 3 aromatic rings. The number of amides is 1. The molecule has 0 aliphatic carbocycles. The van der Waals surface area contributed by atoms with Crippen LogP contribution in [-0.2, 0) is 17.8 Å². The minimum absolute atomic E-state index is 0.227. The number of hydrogen-bond donors (Lipinski definition) is 0. The van der Waals surface area contributed by atoms with E-state index in [0.717, 1.165) is 32.5 Å². The van der Waals surface area contributed by atoms with Crippen molar-refractivity contribution in [1.82, 2.24) is 14.8 Å². The van der Waals surface area contributed by atoms with Gasteiger partial charge in [0.15, 0.2) is 0 Å². The number of pyridine rings is 1. The summed E-state index contributed by atoms with van der Waals surface area (Å²) in [6.45, 7) is 2.57. The summed E-state index contributed by atoms with van der Waals surface area (Å²) in [5.41, 5.74) is 4.48. The molecule has 1 fully saturated rings. The fourth-order valence-electron chi connectivity index (χ4n) is 4.59. The molecule has 2 heterocycles. The second kappa shape index (κ2) is 8.80. The van der Waals surface area contributed by atoms with Gasteiger partial charge in [-0.25, -0.2) is 0 Å². The lowest BCUT2D eigenvalue weighted by molar-refractivity contribution is -0.138. The summed E-state index contributed by atoms with van der Waals surface area (Å²) in [5.74, 6) is 0.227. The van der Waals surface area contributed by atoms with Gasteiger partial charge >= 0.3 is 0 Å². The second-order valence-corrected chi connectivity index (χ2v) is 8.54. The molecule has 1 unspecified atom stereocenters. The maximum atomic E-state index is 13.3. The minimum Gasteiger partial charge on any atom is -0.348 e. The maximum absolute atomic E-state index is 13.3. The molecule has 0 bridgehead atoms. The van der Waals surface area contributed by atoms with Crippen LogP contribution in [0, 0.1) is 5.41 Å². The monoisotopic (exact) mass is 399 g/mol. The van der Waals surface area contributed by atoms with E-state index in [0.29, 0.717) is 0 Å². The third kappa shape index (κ3) is 4.44. The van der Waals surface area contributed by atoms with Crippen molar-refractivity contribution < 1.29 is 4.79 Å². The topological polar surface area (TPSA) is 36.4 Å². The van der Waals surface area contributed by atoms with E-state index in [4.69, 9.17) is 0 Å². The number of nitrogens with zero attached hydrogens (tertiary/aromatic N) is 3. The van der Waals surface area contributed by atoms with Crippen LogP contribution in [0.4, 0.5) is 0 Å². The predicted octanol–water partition coefficient (Wildman–Crippen LogP) is 4.27. The number of hydrogen-bond acceptors (Lipinski definition) is 3. The average molecular weight is 400 g/mol. The zero-order chi connectivity index (χ0) is 21.0. The summed E-state index contributed by atoms with van der Waals surface area (Å²) in [4.78, 5) is 21.6. The van der Waals surface area contributed by atoms with Gasteiger partial charge in [-0.1, -0.05) is 54.6 Å². The Morgan fingerprint density at radius 2 is 1.70 bits per heavy atom. The Morgan fingerprint density at radius 3 is 2.43 bits per heavy atom. The molecule has 4 rings (SSSR count). The van der Waals surface area contributed by atoms with Crippen molar-refractivity contribution in [1.29, 1.82) is 0 Å². The number of benzene rings is 2. The van der Waals surface area contributed by atoms with Gasteiger partial charge in [0.2, 0.25) is 5.91 Å². The fraction of sp³-hybridized carbons (Fsp3) is 0.308. The van der Waals surface area contributed by atoms with Crippen molar-refractivity contribution in [3.05, 3.63) is 90.3 Å². The molecule has 30 heavy (non-hydrogen) atoms. The SMILES string of the molecule is CN(C)C(=O)C1(Cc2cccc(-c3ccccc3)c2)CCN(Cc2ccncc2)C1. The maximum Gasteiger partial charge on any atom is 0.229 e. The Labute approximate surface area is 179 Å². The summed E-state index contributed by atoms with van der Waals surface area (Å²) >= 11 is 0. The standard InChI is InChI=1S/C26H29N3O/c1-28(2)25(30)26(13-16-29(20-26)19-21-11-14-27-15-12-21)18-22-7-6-10-24(17-22)23-8-4-3-5-9-23/h3-12,14-15,17H,13,16,18-20H2,1-2H3. The van der Waals surface area contributed by atoms with Crippen molar-refractivity contribution >= 4 is 5.91 Å². The van der Waals surface area contributed by atoms with Crippen LogP contribution in [0.25, 0.3) is 11.1 Å². The van der Waals surface area contributed by atoms with E-state index in [1.807, 2.05) is 32.6 Å². The van der Waals surface area contributed by atoms with Gasteiger partial charge in [0.05, 0.1) is 5.41 Å². The fourth-order valence-corrected chi connectivity index (χ4v) is 4.59. The Balaban J connectivity index is 1.57. The molecule has 1 amide bonds. The average Bonchev–Trinajstić information content (AvgIpc) is 3.18. The van der Waals surface area contributed by atoms with Crippen molar-refractivity contribution in [2.75, 3.05) is 27.2 Å². The molecule has 154 valence electrons. The molecule has 1 aromatic heterocycles. The lowest BCUT2D eigenvalue weighted by Gasteiger charge is -2.31. The Morgan fingerprint density at radius 1 is 0.967 bits per heavy atom. The van der Waals surface area contributed by atoms with E-state index in [-0.39, 0.29) is 11.3 Å². The number of carbonyl (C=O) groups excluding carboxylic acids is 1. The van der Waals surface area contributed by atoms with Crippen LogP contribution in [0.15, 0.2) is 79.1 Å². The molecule has 0 saturated carbocycles. The van der Waals surface area contributed by atoms with Crippen LogP contribution in [-0.4, -0.2) is 47.9 Å². The number of aromatic nitrogens is 1. The molecule has 0 N–H and O–H groups in total. The summed E-state index contributed by atoms with van der Waals surface area (Å²) in [6.07, 6.45) is 5.31. The van der Waals surface area contributed by atoms with Crippen molar-refractivity contribution in [3.8, 4) is 11.1 Å². The highest BCUT2D eigenvalue weighted by Gasteiger charge is 2.45. The lowest BCUT2D eigenvalue weighted by Crippen LogP contribution is -2.43. The zero-order valence-corrected chi connectivity index (χ0v) is 17.8. The van der Waals surface area contributed by atoms with Gasteiger partial charge in [0.1, 0.15) is 0 Å². The molecule has 4 heteroatoms. The van der Waals surface area contributed by atoms with Gasteiger partial charge in [0.25, 0.3) is 0 Å². The molecule has 1 atom stereocenters. The van der Waals surface area contributed by atoms with Gasteiger partial charge in [-0.3, -0.25) is 14.7 Å². The summed E-state index contributed by atoms with van der Waals surface area (Å²) in [7, 11) is 3.74. The minimum atomic E-state index is -0.383. The van der Waals surface area contributed by atoms with E-state index in [9.17, 15) is 4.79 Å². The van der Waals surface area contributed by atoms with Crippen LogP contribution in [0.3, 0.4) is 0 Å². The molecule has 4 nitrogen and oxygen atoms in total. The normalized spacial score (nSPS) is 19.0. The van der Waals surface area contributed by atoms with Gasteiger partial charge in [0, 0.05) is 39.6 Å². The number of likely N-dealkylation sites (tertiary alicyclic amines) is 1. The number of carbonyl (C=O) groups is 1. The van der Waals surface area contributed by atoms with Crippen molar-refractivity contribution in [2.24, 2.45) is 5.41 Å². The molecule has 1 aliphatic heterocycles. The van der Waals surface area contributed by atoms with Crippen LogP contribution in [0.1, 0.15) is 17.5 Å². The first kappa shape index (κ1) is 20.3. The van der Waals surface area contributed by atoms with Gasteiger partial charge in [-0.15, -0.1) is 0 Å². The highest BCUT2D eigenvalue weighted by Crippen LogP contribution is 2.37. The van der Waals surface area contributed by atoms with Crippen molar-refractivity contribution in [3.63, 3.8) is 0 Å². The molecular weight excluding hydrogens is 370 g/mol. The van der Waals surface area contributed by atoms with Crippen LogP contribution in [0.2, 0.25) is 0 Å². The van der Waals surface area contributed by atoms with E-state index >= 15 is 0 Å². The Hall–Kier alpha value is -2.98. The largest absolute Gasteiger partial charge is 0.348 e. The van der Waals surface area contributed by atoms with E-state index in [2.05, 4.69) is 70.5 Å². The van der Waals surface area contributed by atoms with E-state index in [1.165, 1.54) is 22.3 Å². The quantitative estimate of drug-likeness (QED) is 0.621. The smallest absolute Gasteiger partial charge is 0.229 e. The molecule has 1 aliphatic rings. The van der Waals surface area contributed by atoms with E-state index < -0.39 is 0 Å². The highest BCUT2D eigenvalue weighted by atomic mass is 16.2. The first-order valence-corrected chi connectivity index (χ1v) is 10.5. The summed E-state index contributed by atoms with van der Waals surface area (Å²) in [6, 6.07) is 23.2. The van der Waals surface area contributed by atoms with Crippen LogP contribution < -0.4 is 0 Å². The molecule has 1 saturated heterocycles. The van der Waals surface area contributed by atoms with Crippen LogP contribution in [0.5, 0.6) is 0 Å². The molecular formula is C26H29N3O. The third-order valence-electron chi connectivity index (χ3n) is 6.02. The highest BCUT2D eigenvalue weighted by molar-refractivity contribution is 5.83. The Kier molecular flexibility index (Phi) is 5.96. The van der Waals surface area contributed by atoms with E-state index in [1.54, 1.807) is 4.90 Å². The number of rotatable bonds is 6. The summed E-state index contributed by atoms with van der Waals surface area (Å²) < 4.78 is 0. The summed E-state index contributed by atoms with van der Waals surface area (Å²) in [5, 5.41) is 0. The van der Waals surface area contributed by atoms with Crippen molar-refractivity contribution in [2.45, 2.75) is 19.4 Å². The second-order valence-electron chi connectivity index (χ2n) is 8.54. The predicted molar refractivity (Wildman–Crippen MR) is 121 cm³/mol. The van der Waals surface area contributed by atoms with Gasteiger partial charge in [-0.05, 0) is 53.8 Å². The first-order chi connectivity index (χ1) is 14.6. The molecule has 0 radical (unpaired) electrons. The van der Waals surface area contributed by atoms with Gasteiger partial charge < -0.3 is 4.90 Å².